The molecule has 1 heterocycles. The van der Waals surface area contributed by atoms with E-state index in [4.69, 9.17) is 4.74 Å². The second-order valence-electron chi connectivity index (χ2n) is 7.32. The van der Waals surface area contributed by atoms with Crippen molar-refractivity contribution in [2.75, 3.05) is 0 Å². The Labute approximate surface area is 117 Å². The molecule has 3 aliphatic rings. The number of hydrogen-bond acceptors (Lipinski definition) is 2. The molecule has 1 saturated heterocycles. The molecule has 19 heavy (non-hydrogen) atoms. The van der Waals surface area contributed by atoms with Gasteiger partial charge in [0.15, 0.2) is 6.29 Å². The average molecular weight is 266 g/mol. The molecule has 3 unspecified atom stereocenters. The minimum absolute atomic E-state index is 0.370. The lowest BCUT2D eigenvalue weighted by Gasteiger charge is -2.22. The van der Waals surface area contributed by atoms with Gasteiger partial charge in [-0.2, -0.15) is 0 Å². The second kappa shape index (κ2) is 5.37. The number of aliphatic hydroxyl groups is 1. The van der Waals surface area contributed by atoms with Crippen LogP contribution in [0.4, 0.5) is 0 Å². The second-order valence-corrected chi connectivity index (χ2v) is 7.32. The molecule has 2 heteroatoms. The van der Waals surface area contributed by atoms with Crippen molar-refractivity contribution in [3.8, 4) is 0 Å². The first-order valence-electron chi connectivity index (χ1n) is 8.52. The van der Waals surface area contributed by atoms with Crippen LogP contribution in [0, 0.1) is 23.2 Å². The molecule has 2 nitrogen and oxygen atoms in total. The molecular formula is C17H30O2. The van der Waals surface area contributed by atoms with E-state index in [-0.39, 0.29) is 0 Å². The molecular weight excluding hydrogens is 236 g/mol. The molecule has 0 aromatic rings. The highest BCUT2D eigenvalue weighted by atomic mass is 16.6. The van der Waals surface area contributed by atoms with Gasteiger partial charge in [-0.1, -0.05) is 46.0 Å². The average Bonchev–Trinajstić information content (AvgIpc) is 2.91. The van der Waals surface area contributed by atoms with Gasteiger partial charge in [-0.05, 0) is 42.4 Å². The van der Waals surface area contributed by atoms with Crippen molar-refractivity contribution in [1.82, 2.24) is 0 Å². The summed E-state index contributed by atoms with van der Waals surface area (Å²) in [4.78, 5) is 0. The summed E-state index contributed by atoms with van der Waals surface area (Å²) in [6.07, 6.45) is 11.8. The van der Waals surface area contributed by atoms with Gasteiger partial charge in [-0.3, -0.25) is 0 Å². The van der Waals surface area contributed by atoms with E-state index >= 15 is 0 Å². The molecule has 2 aliphatic carbocycles. The first-order chi connectivity index (χ1) is 9.18. The molecule has 2 saturated carbocycles. The van der Waals surface area contributed by atoms with Crippen molar-refractivity contribution in [1.29, 1.82) is 0 Å². The Morgan fingerprint density at radius 3 is 2.74 bits per heavy atom. The summed E-state index contributed by atoms with van der Waals surface area (Å²) >= 11 is 0. The Hall–Kier alpha value is -0.0800. The van der Waals surface area contributed by atoms with E-state index < -0.39 is 6.29 Å². The first-order valence-corrected chi connectivity index (χ1v) is 8.52. The van der Waals surface area contributed by atoms with Crippen LogP contribution in [0.5, 0.6) is 0 Å². The SMILES string of the molecule is CCCCCCC[C@H]1CC12C1CC(O)O[C@@H]1C[C@@H]2C. The van der Waals surface area contributed by atoms with Gasteiger partial charge in [0.1, 0.15) is 0 Å². The smallest absolute Gasteiger partial charge is 0.155 e. The van der Waals surface area contributed by atoms with Crippen LogP contribution >= 0.6 is 0 Å². The number of fused-ring (bicyclic) bond motifs is 2. The normalized spacial score (nSPS) is 47.8. The topological polar surface area (TPSA) is 29.5 Å². The summed E-state index contributed by atoms with van der Waals surface area (Å²) in [6.45, 7) is 4.70. The fourth-order valence-corrected chi connectivity index (χ4v) is 5.23. The summed E-state index contributed by atoms with van der Waals surface area (Å²) in [5, 5.41) is 9.72. The van der Waals surface area contributed by atoms with Crippen molar-refractivity contribution >= 4 is 0 Å². The van der Waals surface area contributed by atoms with Crippen LogP contribution < -0.4 is 0 Å². The van der Waals surface area contributed by atoms with Gasteiger partial charge in [0, 0.05) is 6.42 Å². The lowest BCUT2D eigenvalue weighted by Crippen LogP contribution is -2.19. The van der Waals surface area contributed by atoms with Crippen LogP contribution in [-0.2, 0) is 4.74 Å². The molecule has 1 aliphatic heterocycles. The molecule has 6 atom stereocenters. The summed E-state index contributed by atoms with van der Waals surface area (Å²) in [6, 6.07) is 0. The lowest BCUT2D eigenvalue weighted by atomic mass is 9.81. The van der Waals surface area contributed by atoms with E-state index in [1.165, 1.54) is 51.4 Å². The molecule has 0 radical (unpaired) electrons. The van der Waals surface area contributed by atoms with Crippen LogP contribution in [0.1, 0.15) is 71.6 Å². The molecule has 0 aromatic carbocycles. The third-order valence-corrected chi connectivity index (χ3v) is 6.29. The third-order valence-electron chi connectivity index (χ3n) is 6.29. The summed E-state index contributed by atoms with van der Waals surface area (Å²) in [7, 11) is 0. The number of rotatable bonds is 6. The fourth-order valence-electron chi connectivity index (χ4n) is 5.23. The maximum atomic E-state index is 9.72. The van der Waals surface area contributed by atoms with Crippen LogP contribution in [-0.4, -0.2) is 17.5 Å². The highest BCUT2D eigenvalue weighted by Crippen LogP contribution is 2.72. The van der Waals surface area contributed by atoms with E-state index in [1.54, 1.807) is 0 Å². The molecule has 0 aromatic heterocycles. The Balaban J connectivity index is 1.49. The number of unbranched alkanes of at least 4 members (excludes halogenated alkanes) is 4. The maximum absolute atomic E-state index is 9.72. The molecule has 110 valence electrons. The van der Waals surface area contributed by atoms with Crippen LogP contribution in [0.3, 0.4) is 0 Å². The predicted octanol–water partition coefficient (Wildman–Crippen LogP) is 4.12. The van der Waals surface area contributed by atoms with Gasteiger partial charge in [0.2, 0.25) is 0 Å². The first kappa shape index (κ1) is 13.9. The van der Waals surface area contributed by atoms with Crippen LogP contribution in [0.25, 0.3) is 0 Å². The highest BCUT2D eigenvalue weighted by Gasteiger charge is 2.68. The van der Waals surface area contributed by atoms with Gasteiger partial charge in [0.25, 0.3) is 0 Å². The minimum Gasteiger partial charge on any atom is -0.368 e. The zero-order valence-corrected chi connectivity index (χ0v) is 12.6. The number of aliphatic hydroxyl groups excluding tert-OH is 1. The fraction of sp³-hybridized carbons (Fsp3) is 1.00. The molecule has 3 fully saturated rings. The Bertz CT molecular complexity index is 316. The van der Waals surface area contributed by atoms with Crippen LogP contribution in [0.15, 0.2) is 0 Å². The standard InChI is InChI=1S/C17H30O2/c1-3-4-5-6-7-8-13-11-17(13)12(2)9-15-14(17)10-16(18)19-15/h12-16,18H,3-11H2,1-2H3/t12-,13-,14?,15+,16?,17?/m0/s1. The Morgan fingerprint density at radius 2 is 1.95 bits per heavy atom. The van der Waals surface area contributed by atoms with E-state index in [1.807, 2.05) is 0 Å². The van der Waals surface area contributed by atoms with Crippen molar-refractivity contribution in [3.05, 3.63) is 0 Å². The van der Waals surface area contributed by atoms with Crippen LogP contribution in [0.2, 0.25) is 0 Å². The van der Waals surface area contributed by atoms with Crippen molar-refractivity contribution in [3.63, 3.8) is 0 Å². The lowest BCUT2D eigenvalue weighted by molar-refractivity contribution is -0.0922. The monoisotopic (exact) mass is 266 g/mol. The highest BCUT2D eigenvalue weighted by molar-refractivity contribution is 5.16. The van der Waals surface area contributed by atoms with E-state index in [0.29, 0.717) is 17.4 Å². The predicted molar refractivity (Wildman–Crippen MR) is 76.7 cm³/mol. The minimum atomic E-state index is -0.467. The van der Waals surface area contributed by atoms with Gasteiger partial charge in [0.05, 0.1) is 6.10 Å². The summed E-state index contributed by atoms with van der Waals surface area (Å²) < 4.78 is 5.69. The molecule has 3 rings (SSSR count). The van der Waals surface area contributed by atoms with Crippen molar-refractivity contribution in [2.24, 2.45) is 23.2 Å². The zero-order valence-electron chi connectivity index (χ0n) is 12.6. The molecule has 0 amide bonds. The van der Waals surface area contributed by atoms with Crippen molar-refractivity contribution < 1.29 is 9.84 Å². The summed E-state index contributed by atoms with van der Waals surface area (Å²) in [5.74, 6) is 2.42. The zero-order chi connectivity index (χ0) is 13.5. The Morgan fingerprint density at radius 1 is 1.16 bits per heavy atom. The Kier molecular flexibility index (Phi) is 3.92. The third kappa shape index (κ3) is 2.35. The number of hydrogen-bond donors (Lipinski definition) is 1. The van der Waals surface area contributed by atoms with Gasteiger partial charge >= 0.3 is 0 Å². The van der Waals surface area contributed by atoms with Gasteiger partial charge in [-0.25, -0.2) is 0 Å². The van der Waals surface area contributed by atoms with E-state index in [0.717, 1.165) is 18.3 Å². The maximum Gasteiger partial charge on any atom is 0.155 e. The quantitative estimate of drug-likeness (QED) is 0.733. The van der Waals surface area contributed by atoms with E-state index in [2.05, 4.69) is 13.8 Å². The van der Waals surface area contributed by atoms with E-state index in [9.17, 15) is 5.11 Å². The van der Waals surface area contributed by atoms with Gasteiger partial charge < -0.3 is 9.84 Å². The molecule has 1 N–H and O–H groups in total. The van der Waals surface area contributed by atoms with Crippen molar-refractivity contribution in [2.45, 2.75) is 84.0 Å². The molecule has 0 bridgehead atoms. The number of ether oxygens (including phenoxy) is 1. The summed E-state index contributed by atoms with van der Waals surface area (Å²) in [5.41, 5.74) is 0.562. The molecule has 1 spiro atoms. The largest absolute Gasteiger partial charge is 0.368 e. The van der Waals surface area contributed by atoms with Gasteiger partial charge in [-0.15, -0.1) is 0 Å².